The number of carbonyl (C=O) groups is 2. The number of amides is 3. The third-order valence-corrected chi connectivity index (χ3v) is 6.42. The third kappa shape index (κ3) is 6.70. The van der Waals surface area contributed by atoms with Crippen molar-refractivity contribution in [2.75, 3.05) is 43.3 Å². The molecule has 11 heteroatoms. The zero-order valence-corrected chi connectivity index (χ0v) is 23.7. The van der Waals surface area contributed by atoms with Gasteiger partial charge in [0, 0.05) is 42.8 Å². The van der Waals surface area contributed by atoms with E-state index in [1.54, 1.807) is 58.6 Å². The van der Waals surface area contributed by atoms with E-state index in [0.717, 1.165) is 11.1 Å². The Kier molecular flexibility index (Phi) is 8.69. The normalized spacial score (nSPS) is 12.9. The van der Waals surface area contributed by atoms with E-state index in [1.165, 1.54) is 13.2 Å². The lowest BCUT2D eigenvalue weighted by Crippen LogP contribution is -2.45. The maximum Gasteiger partial charge on any atom is 0.330 e. The van der Waals surface area contributed by atoms with Gasteiger partial charge in [0.1, 0.15) is 5.69 Å². The van der Waals surface area contributed by atoms with Crippen LogP contribution in [0.25, 0.3) is 0 Å². The summed E-state index contributed by atoms with van der Waals surface area (Å²) in [6.45, 7) is 1.39. The van der Waals surface area contributed by atoms with Gasteiger partial charge in [-0.25, -0.2) is 19.7 Å². The number of hydrogen-bond donors (Lipinski definition) is 2. The maximum atomic E-state index is 14.0. The molecule has 5 rings (SSSR count). The minimum atomic E-state index is -0.260. The summed E-state index contributed by atoms with van der Waals surface area (Å²) in [5, 5.41) is 6.03. The van der Waals surface area contributed by atoms with E-state index in [1.807, 2.05) is 55.4 Å². The molecule has 11 nitrogen and oxygen atoms in total. The summed E-state index contributed by atoms with van der Waals surface area (Å²) in [6, 6.07) is 20.3. The average Bonchev–Trinajstić information content (AvgIpc) is 2.98. The average molecular weight is 565 g/mol. The molecule has 42 heavy (non-hydrogen) atoms. The number of urea groups is 1. The quantitative estimate of drug-likeness (QED) is 0.260. The van der Waals surface area contributed by atoms with Crippen LogP contribution in [0.3, 0.4) is 0 Å². The second kappa shape index (κ2) is 12.9. The Morgan fingerprint density at radius 1 is 1.07 bits per heavy atom. The number of anilines is 5. The Balaban J connectivity index is 1.49. The monoisotopic (exact) mass is 564 g/mol. The van der Waals surface area contributed by atoms with Gasteiger partial charge in [-0.1, -0.05) is 42.5 Å². The molecule has 2 aromatic carbocycles. The van der Waals surface area contributed by atoms with Crippen molar-refractivity contribution in [3.63, 3.8) is 0 Å². The van der Waals surface area contributed by atoms with Crippen molar-refractivity contribution in [1.29, 1.82) is 0 Å². The highest BCUT2D eigenvalue weighted by Gasteiger charge is 2.33. The molecule has 2 aromatic heterocycles. The van der Waals surface area contributed by atoms with Crippen LogP contribution in [0, 0.1) is 0 Å². The predicted octanol–water partition coefficient (Wildman–Crippen LogP) is 4.95. The van der Waals surface area contributed by atoms with Gasteiger partial charge >= 0.3 is 6.03 Å². The highest BCUT2D eigenvalue weighted by molar-refractivity contribution is 6.03. The fraction of sp³-hybridized carbons (Fsp3) is 0.194. The molecule has 2 N–H and O–H groups in total. The molecule has 0 spiro atoms. The van der Waals surface area contributed by atoms with E-state index >= 15 is 0 Å². The van der Waals surface area contributed by atoms with Gasteiger partial charge in [-0.3, -0.25) is 4.79 Å². The first-order valence-electron chi connectivity index (χ1n) is 13.4. The van der Waals surface area contributed by atoms with Crippen LogP contribution in [0.4, 0.5) is 33.6 Å². The lowest BCUT2D eigenvalue weighted by molar-refractivity contribution is -0.111. The van der Waals surface area contributed by atoms with E-state index in [0.29, 0.717) is 48.4 Å². The Bertz CT molecular complexity index is 1590. The van der Waals surface area contributed by atoms with Gasteiger partial charge < -0.3 is 25.2 Å². The summed E-state index contributed by atoms with van der Waals surface area (Å²) >= 11 is 0. The highest BCUT2D eigenvalue weighted by atomic mass is 16.5. The predicted molar refractivity (Wildman–Crippen MR) is 162 cm³/mol. The van der Waals surface area contributed by atoms with Crippen LogP contribution in [0.15, 0.2) is 91.3 Å². The number of aromatic nitrogens is 3. The first kappa shape index (κ1) is 28.2. The number of nitrogens with one attached hydrogen (secondary N) is 2. The van der Waals surface area contributed by atoms with Crippen LogP contribution in [0.1, 0.15) is 11.1 Å². The maximum absolute atomic E-state index is 14.0. The summed E-state index contributed by atoms with van der Waals surface area (Å²) in [5.74, 6) is 0.858. The summed E-state index contributed by atoms with van der Waals surface area (Å²) in [4.78, 5) is 45.3. The molecule has 0 unspecified atom stereocenters. The minimum Gasteiger partial charge on any atom is -0.480 e. The molecule has 0 fully saturated rings. The molecular formula is C31H32N8O3. The number of ether oxygens (including phenoxy) is 1. The van der Waals surface area contributed by atoms with Crippen molar-refractivity contribution >= 4 is 40.8 Å². The minimum absolute atomic E-state index is 0.246. The summed E-state index contributed by atoms with van der Waals surface area (Å²) in [7, 11) is 5.39. The van der Waals surface area contributed by atoms with Crippen molar-refractivity contribution in [3.8, 4) is 5.88 Å². The van der Waals surface area contributed by atoms with Crippen molar-refractivity contribution in [1.82, 2.24) is 24.8 Å². The van der Waals surface area contributed by atoms with Gasteiger partial charge in [-0.2, -0.15) is 4.98 Å². The van der Waals surface area contributed by atoms with Crippen molar-refractivity contribution in [3.05, 3.63) is 102 Å². The van der Waals surface area contributed by atoms with E-state index in [2.05, 4.69) is 20.6 Å². The summed E-state index contributed by atoms with van der Waals surface area (Å²) in [5.41, 5.74) is 3.47. The Morgan fingerprint density at radius 3 is 2.69 bits per heavy atom. The number of likely N-dealkylation sites (N-methyl/N-ethyl adjacent to an activating group) is 1. The highest BCUT2D eigenvalue weighted by Crippen LogP contribution is 2.36. The summed E-state index contributed by atoms with van der Waals surface area (Å²) < 4.78 is 5.35. The Hall–Kier alpha value is -5.29. The number of carbonyl (C=O) groups excluding carboxylic acids is 2. The standard InChI is InChI=1S/C31H32N8O3/c1-37(2)17-9-15-27(40)34-24-12-7-13-25(18-24)39-28-23(21-38(31(39)41)20-22-10-5-4-6-11-22)19-33-30(36-28)35-26-14-8-16-32-29(26)42-3/h4-16,18-19H,17,20-21H2,1-3H3,(H,34,40)(H,33,35,36)/b15-9+. The fourth-order valence-electron chi connectivity index (χ4n) is 4.47. The van der Waals surface area contributed by atoms with Gasteiger partial charge in [0.05, 0.1) is 19.3 Å². The molecule has 214 valence electrons. The third-order valence-electron chi connectivity index (χ3n) is 6.42. The number of nitrogens with zero attached hydrogens (tertiary/aromatic N) is 6. The Morgan fingerprint density at radius 2 is 1.90 bits per heavy atom. The van der Waals surface area contributed by atoms with Crippen molar-refractivity contribution in [2.45, 2.75) is 13.1 Å². The lowest BCUT2D eigenvalue weighted by atomic mass is 10.1. The van der Waals surface area contributed by atoms with Gasteiger partial charge in [0.2, 0.25) is 17.7 Å². The molecule has 0 aliphatic carbocycles. The second-order valence-electron chi connectivity index (χ2n) is 9.89. The SMILES string of the molecule is COc1ncccc1Nc1ncc2c(n1)N(c1cccc(NC(=O)/C=C/CN(C)C)c1)C(=O)N(Cc1ccccc1)C2. The molecule has 4 aromatic rings. The molecule has 3 amide bonds. The molecule has 3 heterocycles. The molecule has 0 atom stereocenters. The number of fused-ring (bicyclic) bond motifs is 1. The van der Waals surface area contributed by atoms with Gasteiger partial charge in [-0.15, -0.1) is 0 Å². The second-order valence-corrected chi connectivity index (χ2v) is 9.89. The first-order valence-corrected chi connectivity index (χ1v) is 13.4. The fourth-order valence-corrected chi connectivity index (χ4v) is 4.47. The Labute approximate surface area is 244 Å². The van der Waals surface area contributed by atoms with E-state index in [4.69, 9.17) is 9.72 Å². The van der Waals surface area contributed by atoms with E-state index < -0.39 is 0 Å². The molecule has 0 bridgehead atoms. The molecule has 0 radical (unpaired) electrons. The molecule has 0 saturated carbocycles. The number of pyridine rings is 1. The lowest BCUT2D eigenvalue weighted by Gasteiger charge is -2.36. The van der Waals surface area contributed by atoms with Crippen LogP contribution in [0.5, 0.6) is 5.88 Å². The van der Waals surface area contributed by atoms with Gasteiger partial charge in [-0.05, 0) is 50.0 Å². The van der Waals surface area contributed by atoms with Gasteiger partial charge in [0.25, 0.3) is 0 Å². The number of benzene rings is 2. The van der Waals surface area contributed by atoms with Crippen LogP contribution >= 0.6 is 0 Å². The molecule has 1 aliphatic heterocycles. The topological polar surface area (TPSA) is 116 Å². The molecular weight excluding hydrogens is 532 g/mol. The van der Waals surface area contributed by atoms with Crippen molar-refractivity contribution in [2.24, 2.45) is 0 Å². The molecule has 0 saturated heterocycles. The van der Waals surface area contributed by atoms with Crippen molar-refractivity contribution < 1.29 is 14.3 Å². The molecule has 1 aliphatic rings. The zero-order valence-electron chi connectivity index (χ0n) is 23.7. The van der Waals surface area contributed by atoms with Crippen LogP contribution in [-0.2, 0) is 17.9 Å². The largest absolute Gasteiger partial charge is 0.480 e. The number of hydrogen-bond acceptors (Lipinski definition) is 8. The smallest absolute Gasteiger partial charge is 0.330 e. The number of methoxy groups -OCH3 is 1. The zero-order chi connectivity index (χ0) is 29.5. The van der Waals surface area contributed by atoms with E-state index in [9.17, 15) is 9.59 Å². The van der Waals surface area contributed by atoms with Crippen LogP contribution in [0.2, 0.25) is 0 Å². The first-order chi connectivity index (χ1) is 20.4. The van der Waals surface area contributed by atoms with Crippen LogP contribution in [-0.4, -0.2) is 64.4 Å². The van der Waals surface area contributed by atoms with E-state index in [-0.39, 0.29) is 17.9 Å². The number of rotatable bonds is 10. The summed E-state index contributed by atoms with van der Waals surface area (Å²) in [6.07, 6.45) is 6.62. The van der Waals surface area contributed by atoms with Crippen LogP contribution < -0.4 is 20.3 Å². The van der Waals surface area contributed by atoms with Gasteiger partial charge in [0.15, 0.2) is 5.82 Å².